The van der Waals surface area contributed by atoms with Crippen molar-refractivity contribution in [1.82, 2.24) is 0 Å². The molecule has 0 saturated heterocycles. The van der Waals surface area contributed by atoms with E-state index in [1.165, 1.54) is 24.3 Å². The number of hydrogen-bond acceptors (Lipinski definition) is 2. The van der Waals surface area contributed by atoms with Gasteiger partial charge in [0.15, 0.2) is 0 Å². The van der Waals surface area contributed by atoms with Gasteiger partial charge < -0.3 is 10.1 Å². The van der Waals surface area contributed by atoms with Gasteiger partial charge in [-0.15, -0.1) is 0 Å². The highest BCUT2D eigenvalue weighted by atomic mass is 19.1. The van der Waals surface area contributed by atoms with E-state index in [-0.39, 0.29) is 24.0 Å². The van der Waals surface area contributed by atoms with E-state index in [1.54, 1.807) is 18.2 Å². The predicted octanol–water partition coefficient (Wildman–Crippen LogP) is 3.90. The summed E-state index contributed by atoms with van der Waals surface area (Å²) in [6.45, 7) is 0.220. The molecule has 0 aliphatic heterocycles. The Hall–Kier alpha value is -2.27. The lowest BCUT2D eigenvalue weighted by Crippen LogP contribution is -2.14. The van der Waals surface area contributed by atoms with Crippen molar-refractivity contribution in [2.24, 2.45) is 0 Å². The van der Waals surface area contributed by atoms with Crippen molar-refractivity contribution >= 4 is 11.6 Å². The number of halogens is 2. The molecule has 0 bridgehead atoms. The number of ether oxygens (including phenoxy) is 1. The van der Waals surface area contributed by atoms with Crippen molar-refractivity contribution in [3.8, 4) is 0 Å². The Morgan fingerprint density at radius 1 is 1.14 bits per heavy atom. The van der Waals surface area contributed by atoms with Crippen LogP contribution in [-0.4, -0.2) is 12.0 Å². The minimum Gasteiger partial charge on any atom is -0.373 e. The van der Waals surface area contributed by atoms with Gasteiger partial charge in [-0.3, -0.25) is 4.79 Å². The molecular weight excluding hydrogens is 288 g/mol. The molecule has 1 saturated carbocycles. The van der Waals surface area contributed by atoms with Crippen molar-refractivity contribution in [1.29, 1.82) is 0 Å². The average molecular weight is 303 g/mol. The van der Waals surface area contributed by atoms with Crippen LogP contribution in [0.4, 0.5) is 14.5 Å². The van der Waals surface area contributed by atoms with E-state index < -0.39 is 17.5 Å². The number of carbonyl (C=O) groups excluding carboxylic acids is 1. The summed E-state index contributed by atoms with van der Waals surface area (Å²) in [5.41, 5.74) is 0.640. The molecule has 1 aliphatic carbocycles. The molecule has 0 atom stereocenters. The highest BCUT2D eigenvalue weighted by molar-refractivity contribution is 6.04. The van der Waals surface area contributed by atoms with Crippen LogP contribution in [0.1, 0.15) is 28.8 Å². The lowest BCUT2D eigenvalue weighted by atomic mass is 10.1. The zero-order valence-corrected chi connectivity index (χ0v) is 11.8. The third kappa shape index (κ3) is 3.49. The van der Waals surface area contributed by atoms with Crippen LogP contribution in [0, 0.1) is 11.6 Å². The standard InChI is InChI=1S/C17H15F2NO2/c18-15-4-2-1-3-14(15)17(21)20-12-6-5-11(16(19)9-12)10-22-13-7-8-13/h1-6,9,13H,7-8,10H2,(H,20,21). The second-order valence-electron chi connectivity index (χ2n) is 5.25. The molecule has 0 aromatic heterocycles. The van der Waals surface area contributed by atoms with Gasteiger partial charge >= 0.3 is 0 Å². The van der Waals surface area contributed by atoms with Gasteiger partial charge in [-0.05, 0) is 37.1 Å². The summed E-state index contributed by atoms with van der Waals surface area (Å²) >= 11 is 0. The number of anilines is 1. The number of hydrogen-bond donors (Lipinski definition) is 1. The van der Waals surface area contributed by atoms with E-state index >= 15 is 0 Å². The molecule has 1 amide bonds. The van der Waals surface area contributed by atoms with Gasteiger partial charge in [0.2, 0.25) is 0 Å². The molecule has 22 heavy (non-hydrogen) atoms. The zero-order chi connectivity index (χ0) is 15.5. The molecule has 3 rings (SSSR count). The molecule has 0 unspecified atom stereocenters. The Bertz CT molecular complexity index is 699. The Morgan fingerprint density at radius 3 is 2.59 bits per heavy atom. The SMILES string of the molecule is O=C(Nc1ccc(COC2CC2)c(F)c1)c1ccccc1F. The number of rotatable bonds is 5. The molecule has 0 spiro atoms. The molecular formula is C17H15F2NO2. The third-order valence-corrected chi connectivity index (χ3v) is 3.43. The van der Waals surface area contributed by atoms with Gasteiger partial charge in [-0.25, -0.2) is 8.78 Å². The summed E-state index contributed by atoms with van der Waals surface area (Å²) in [4.78, 5) is 12.0. The lowest BCUT2D eigenvalue weighted by Gasteiger charge is -2.09. The maximum Gasteiger partial charge on any atom is 0.258 e. The summed E-state index contributed by atoms with van der Waals surface area (Å²) in [7, 11) is 0. The molecule has 1 fully saturated rings. The Morgan fingerprint density at radius 2 is 1.91 bits per heavy atom. The fourth-order valence-electron chi connectivity index (χ4n) is 2.03. The first-order chi connectivity index (χ1) is 10.6. The summed E-state index contributed by atoms with van der Waals surface area (Å²) in [5, 5.41) is 2.48. The Balaban J connectivity index is 1.68. The predicted molar refractivity (Wildman–Crippen MR) is 78.6 cm³/mol. The van der Waals surface area contributed by atoms with E-state index in [0.29, 0.717) is 5.56 Å². The van der Waals surface area contributed by atoms with Gasteiger partial charge in [-0.1, -0.05) is 18.2 Å². The van der Waals surface area contributed by atoms with E-state index in [0.717, 1.165) is 12.8 Å². The van der Waals surface area contributed by atoms with Crippen LogP contribution in [-0.2, 0) is 11.3 Å². The summed E-state index contributed by atoms with van der Waals surface area (Å²) < 4.78 is 32.9. The number of nitrogens with one attached hydrogen (secondary N) is 1. The Labute approximate surface area is 126 Å². The molecule has 1 aliphatic rings. The first kappa shape index (κ1) is 14.7. The van der Waals surface area contributed by atoms with E-state index in [1.807, 2.05) is 0 Å². The molecule has 3 nitrogen and oxygen atoms in total. The second-order valence-corrected chi connectivity index (χ2v) is 5.25. The van der Waals surface area contributed by atoms with E-state index in [9.17, 15) is 13.6 Å². The van der Waals surface area contributed by atoms with E-state index in [2.05, 4.69) is 5.32 Å². The van der Waals surface area contributed by atoms with Gasteiger partial charge in [0.1, 0.15) is 11.6 Å². The van der Waals surface area contributed by atoms with Crippen LogP contribution in [0.3, 0.4) is 0 Å². The summed E-state index contributed by atoms with van der Waals surface area (Å²) in [6, 6.07) is 10.00. The van der Waals surface area contributed by atoms with Crippen LogP contribution in [0.2, 0.25) is 0 Å². The highest BCUT2D eigenvalue weighted by Gasteiger charge is 2.22. The van der Waals surface area contributed by atoms with Crippen molar-refractivity contribution in [2.45, 2.75) is 25.6 Å². The van der Waals surface area contributed by atoms with Crippen LogP contribution in [0.5, 0.6) is 0 Å². The minimum absolute atomic E-state index is 0.0796. The second kappa shape index (κ2) is 6.23. The van der Waals surface area contributed by atoms with Crippen molar-refractivity contribution < 1.29 is 18.3 Å². The molecule has 0 radical (unpaired) electrons. The normalized spacial score (nSPS) is 13.9. The van der Waals surface area contributed by atoms with Crippen LogP contribution < -0.4 is 5.32 Å². The Kier molecular flexibility index (Phi) is 4.15. The fourth-order valence-corrected chi connectivity index (χ4v) is 2.03. The minimum atomic E-state index is -0.616. The van der Waals surface area contributed by atoms with Crippen LogP contribution in [0.15, 0.2) is 42.5 Å². The molecule has 1 N–H and O–H groups in total. The topological polar surface area (TPSA) is 38.3 Å². The first-order valence-corrected chi connectivity index (χ1v) is 7.09. The fraction of sp³-hybridized carbons (Fsp3) is 0.235. The maximum absolute atomic E-state index is 13.9. The van der Waals surface area contributed by atoms with Gasteiger partial charge in [0, 0.05) is 11.3 Å². The molecule has 5 heteroatoms. The van der Waals surface area contributed by atoms with E-state index in [4.69, 9.17) is 4.74 Å². The van der Waals surface area contributed by atoms with Gasteiger partial charge in [-0.2, -0.15) is 0 Å². The molecule has 2 aromatic rings. The smallest absolute Gasteiger partial charge is 0.258 e. The quantitative estimate of drug-likeness (QED) is 0.910. The average Bonchev–Trinajstić information content (AvgIpc) is 3.31. The van der Waals surface area contributed by atoms with Crippen LogP contribution in [0.25, 0.3) is 0 Å². The third-order valence-electron chi connectivity index (χ3n) is 3.43. The molecule has 114 valence electrons. The molecule has 2 aromatic carbocycles. The highest BCUT2D eigenvalue weighted by Crippen LogP contribution is 2.26. The van der Waals surface area contributed by atoms with Crippen LogP contribution >= 0.6 is 0 Å². The largest absolute Gasteiger partial charge is 0.373 e. The van der Waals surface area contributed by atoms with Crippen molar-refractivity contribution in [2.75, 3.05) is 5.32 Å². The monoisotopic (exact) mass is 303 g/mol. The lowest BCUT2D eigenvalue weighted by molar-refractivity contribution is 0.102. The van der Waals surface area contributed by atoms with Gasteiger partial charge in [0.25, 0.3) is 5.91 Å². The first-order valence-electron chi connectivity index (χ1n) is 7.09. The van der Waals surface area contributed by atoms with Gasteiger partial charge in [0.05, 0.1) is 18.3 Å². The number of benzene rings is 2. The summed E-state index contributed by atoms with van der Waals surface area (Å²) in [5.74, 6) is -1.68. The maximum atomic E-state index is 13.9. The zero-order valence-electron chi connectivity index (χ0n) is 11.8. The van der Waals surface area contributed by atoms with Crippen molar-refractivity contribution in [3.05, 3.63) is 65.2 Å². The number of amides is 1. The molecule has 0 heterocycles. The number of carbonyl (C=O) groups is 1. The summed E-state index contributed by atoms with van der Waals surface area (Å²) in [6.07, 6.45) is 2.30. The van der Waals surface area contributed by atoms with Crippen molar-refractivity contribution in [3.63, 3.8) is 0 Å².